The van der Waals surface area contributed by atoms with Crippen LogP contribution in [0.3, 0.4) is 0 Å². The molecule has 0 radical (unpaired) electrons. The Balaban J connectivity index is 1.11. The number of fused-ring (bicyclic) bond motifs is 5. The van der Waals surface area contributed by atoms with Crippen LogP contribution in [0.1, 0.15) is 35.4 Å². The van der Waals surface area contributed by atoms with Crippen molar-refractivity contribution in [3.63, 3.8) is 0 Å². The number of hydrogen-bond donors (Lipinski definition) is 3. The largest absolute Gasteiger partial charge is 0.507 e. The van der Waals surface area contributed by atoms with E-state index in [-0.39, 0.29) is 29.9 Å². The van der Waals surface area contributed by atoms with Crippen molar-refractivity contribution in [2.45, 2.75) is 31.1 Å². The summed E-state index contributed by atoms with van der Waals surface area (Å²) in [5.41, 5.74) is 7.92. The smallest absolute Gasteiger partial charge is 0.260 e. The Morgan fingerprint density at radius 1 is 0.638 bits per heavy atom. The van der Waals surface area contributed by atoms with E-state index in [2.05, 4.69) is 16.8 Å². The van der Waals surface area contributed by atoms with Gasteiger partial charge in [-0.1, -0.05) is 108 Å². The van der Waals surface area contributed by atoms with Crippen molar-refractivity contribution in [3.8, 4) is 5.75 Å². The highest BCUT2D eigenvalue weighted by Gasteiger charge is 2.70. The first-order valence-corrected chi connectivity index (χ1v) is 19.7. The van der Waals surface area contributed by atoms with Crippen LogP contribution in [0.25, 0.3) is 10.8 Å². The van der Waals surface area contributed by atoms with Gasteiger partial charge < -0.3 is 10.4 Å². The van der Waals surface area contributed by atoms with E-state index in [1.807, 2.05) is 134 Å². The molecule has 6 aromatic carbocycles. The zero-order valence-corrected chi connectivity index (χ0v) is 31.7. The van der Waals surface area contributed by atoms with Gasteiger partial charge in [-0.3, -0.25) is 29.5 Å². The minimum absolute atomic E-state index is 0.100. The second-order valence-electron chi connectivity index (χ2n) is 15.9. The molecule has 2 aliphatic heterocycles. The molecule has 3 N–H and O–H groups in total. The number of nitrogens with one attached hydrogen (secondary N) is 2. The summed E-state index contributed by atoms with van der Waals surface area (Å²) in [6.07, 6.45) is 2.56. The average molecular weight is 765 g/mol. The number of allylic oxidation sites excluding steroid dienone is 2. The standard InChI is InChI=1S/C49H40N4O5/c1-29-16-18-33(19-17-29)51-53-46(56)41-28-40-38(24-25-39-43(40)47(57)52(45(39)55)34-22-20-32(21-23-34)50-31-12-6-3-7-13-31)44(49(41,48(53)58)30-10-4-2-5-11-30)37-26-27-42(54)36-15-9-8-14-35(36)37/h2-24,26-27,39-41,43-44,50-51,54H,25,28H2,1H3. The molecule has 6 unspecified atom stereocenters. The van der Waals surface area contributed by atoms with Gasteiger partial charge in [0.15, 0.2) is 0 Å². The fraction of sp³-hybridized carbons (Fsp3) is 0.184. The monoisotopic (exact) mass is 764 g/mol. The number of anilines is 4. The van der Waals surface area contributed by atoms with Crippen LogP contribution in [-0.4, -0.2) is 33.7 Å². The van der Waals surface area contributed by atoms with Gasteiger partial charge in [0.05, 0.1) is 34.5 Å². The summed E-state index contributed by atoms with van der Waals surface area (Å²) in [5, 5.41) is 17.0. The Morgan fingerprint density at radius 3 is 2.00 bits per heavy atom. The zero-order valence-electron chi connectivity index (χ0n) is 31.7. The van der Waals surface area contributed by atoms with Gasteiger partial charge in [-0.15, -0.1) is 0 Å². The highest BCUT2D eigenvalue weighted by atomic mass is 16.3. The van der Waals surface area contributed by atoms with Crippen molar-refractivity contribution < 1.29 is 24.3 Å². The number of aryl methyl sites for hydroxylation is 1. The van der Waals surface area contributed by atoms with Crippen molar-refractivity contribution >= 4 is 57.2 Å². The van der Waals surface area contributed by atoms with E-state index in [0.717, 1.165) is 33.5 Å². The topological polar surface area (TPSA) is 119 Å². The first-order chi connectivity index (χ1) is 28.3. The Labute approximate surface area is 335 Å². The third kappa shape index (κ3) is 5.30. The number of aromatic hydroxyl groups is 1. The van der Waals surface area contributed by atoms with Crippen LogP contribution in [0.4, 0.5) is 22.7 Å². The molecule has 286 valence electrons. The Kier molecular flexibility index (Phi) is 8.30. The molecule has 4 aliphatic rings. The second kappa shape index (κ2) is 13.6. The van der Waals surface area contributed by atoms with Gasteiger partial charge in [0.25, 0.3) is 11.8 Å². The molecule has 0 bridgehead atoms. The summed E-state index contributed by atoms with van der Waals surface area (Å²) in [6.45, 7) is 1.97. The van der Waals surface area contributed by atoms with Crippen LogP contribution in [0.5, 0.6) is 5.75 Å². The minimum Gasteiger partial charge on any atom is -0.507 e. The van der Waals surface area contributed by atoms with E-state index in [0.29, 0.717) is 28.7 Å². The van der Waals surface area contributed by atoms with Crippen LogP contribution in [0.15, 0.2) is 157 Å². The summed E-state index contributed by atoms with van der Waals surface area (Å²) in [4.78, 5) is 61.2. The van der Waals surface area contributed by atoms with Crippen molar-refractivity contribution in [1.29, 1.82) is 0 Å². The molecule has 1 saturated carbocycles. The number of phenolic OH excluding ortho intramolecular Hbond substituents is 1. The number of carbonyl (C=O) groups is 4. The number of hydrazine groups is 1. The maximum atomic E-state index is 15.6. The third-order valence-electron chi connectivity index (χ3n) is 12.8. The second-order valence-corrected chi connectivity index (χ2v) is 15.9. The van der Waals surface area contributed by atoms with E-state index in [1.54, 1.807) is 18.2 Å². The molecule has 0 aromatic heterocycles. The molecule has 4 amide bonds. The molecule has 6 aromatic rings. The number of para-hydroxylation sites is 1. The van der Waals surface area contributed by atoms with Gasteiger partial charge in [0, 0.05) is 22.7 Å². The predicted molar refractivity (Wildman–Crippen MR) is 223 cm³/mol. The number of carbonyl (C=O) groups excluding carboxylic acids is 4. The molecule has 9 heteroatoms. The van der Waals surface area contributed by atoms with Crippen LogP contribution in [0, 0.1) is 30.6 Å². The number of hydrogen-bond acceptors (Lipinski definition) is 7. The molecule has 2 saturated heterocycles. The van der Waals surface area contributed by atoms with Crippen LogP contribution in [0.2, 0.25) is 0 Å². The minimum atomic E-state index is -1.42. The third-order valence-corrected chi connectivity index (χ3v) is 12.8. The Morgan fingerprint density at radius 2 is 1.28 bits per heavy atom. The fourth-order valence-corrected chi connectivity index (χ4v) is 10.3. The Hall–Kier alpha value is -7.00. The molecular weight excluding hydrogens is 725 g/mol. The Bertz CT molecular complexity index is 2660. The zero-order chi connectivity index (χ0) is 39.7. The lowest BCUT2D eigenvalue weighted by atomic mass is 9.49. The van der Waals surface area contributed by atoms with Gasteiger partial charge in [0.2, 0.25) is 11.8 Å². The lowest BCUT2D eigenvalue weighted by Crippen LogP contribution is -2.53. The molecule has 3 fully saturated rings. The van der Waals surface area contributed by atoms with E-state index in [1.165, 1.54) is 9.91 Å². The molecule has 0 spiro atoms. The molecule has 2 heterocycles. The SMILES string of the molecule is Cc1ccc(NN2C(=O)C3CC4C(=CCC5C(=O)N(c6ccc(Nc7ccccc7)cc6)C(=O)C54)C(c4ccc(O)c5ccccc45)C3(c3ccccc3)C2=O)cc1. The van der Waals surface area contributed by atoms with Crippen molar-refractivity contribution in [2.75, 3.05) is 15.6 Å². The van der Waals surface area contributed by atoms with Gasteiger partial charge in [-0.2, -0.15) is 5.01 Å². The van der Waals surface area contributed by atoms with Gasteiger partial charge in [-0.25, -0.2) is 0 Å². The van der Waals surface area contributed by atoms with E-state index < -0.39 is 40.9 Å². The van der Waals surface area contributed by atoms with Crippen LogP contribution < -0.4 is 15.6 Å². The summed E-state index contributed by atoms with van der Waals surface area (Å²) < 4.78 is 0. The number of rotatable bonds is 7. The first kappa shape index (κ1) is 35.4. The maximum Gasteiger partial charge on any atom is 0.260 e. The van der Waals surface area contributed by atoms with Gasteiger partial charge in [0.1, 0.15) is 5.75 Å². The summed E-state index contributed by atoms with van der Waals surface area (Å²) in [7, 11) is 0. The van der Waals surface area contributed by atoms with E-state index >= 15 is 9.59 Å². The number of nitrogens with zero attached hydrogens (tertiary/aromatic N) is 2. The highest BCUT2D eigenvalue weighted by Crippen LogP contribution is 2.65. The first-order valence-electron chi connectivity index (χ1n) is 19.7. The molecule has 9 nitrogen and oxygen atoms in total. The number of benzene rings is 6. The molecule has 6 atom stereocenters. The lowest BCUT2D eigenvalue weighted by Gasteiger charge is -2.51. The van der Waals surface area contributed by atoms with Gasteiger partial charge >= 0.3 is 0 Å². The maximum absolute atomic E-state index is 15.6. The molecular formula is C49H40N4O5. The quantitative estimate of drug-likeness (QED) is 0.110. The van der Waals surface area contributed by atoms with Crippen LogP contribution in [-0.2, 0) is 24.6 Å². The lowest BCUT2D eigenvalue weighted by molar-refractivity contribution is -0.138. The van der Waals surface area contributed by atoms with E-state index in [4.69, 9.17) is 0 Å². The highest BCUT2D eigenvalue weighted by molar-refractivity contribution is 6.22. The summed E-state index contributed by atoms with van der Waals surface area (Å²) >= 11 is 0. The molecule has 10 rings (SSSR count). The van der Waals surface area contributed by atoms with Crippen molar-refractivity contribution in [1.82, 2.24) is 5.01 Å². The number of amides is 4. The fourth-order valence-electron chi connectivity index (χ4n) is 10.3. The molecule has 58 heavy (non-hydrogen) atoms. The number of phenols is 1. The van der Waals surface area contributed by atoms with E-state index in [9.17, 15) is 14.7 Å². The molecule has 2 aliphatic carbocycles. The van der Waals surface area contributed by atoms with Crippen LogP contribution >= 0.6 is 0 Å². The predicted octanol–water partition coefficient (Wildman–Crippen LogP) is 8.79. The summed E-state index contributed by atoms with van der Waals surface area (Å²) in [6, 6.07) is 45.1. The average Bonchev–Trinajstić information content (AvgIpc) is 3.63. The van der Waals surface area contributed by atoms with Gasteiger partial charge in [-0.05, 0) is 96.8 Å². The summed E-state index contributed by atoms with van der Waals surface area (Å²) in [5.74, 6) is -4.74. The number of imide groups is 2. The van der Waals surface area contributed by atoms with Crippen molar-refractivity contribution in [2.24, 2.45) is 23.7 Å². The van der Waals surface area contributed by atoms with Crippen molar-refractivity contribution in [3.05, 3.63) is 174 Å². The normalized spacial score (nSPS) is 25.0.